The first-order valence-electron chi connectivity index (χ1n) is 5.72. The molecule has 94 valence electrons. The van der Waals surface area contributed by atoms with Crippen LogP contribution in [0.15, 0.2) is 15.9 Å². The highest BCUT2D eigenvalue weighted by atomic mass is 79.9. The number of thiophene rings is 1. The number of carbonyl (C=O) groups is 1. The standard InChI is InChI=1S/C12H16BrNO2S/c1-8-2-9(12(15)16)5-14(4-8)6-11-3-10(13)7-17-11/h3,7-9H,2,4-6H2,1H3,(H,15,16). The maximum atomic E-state index is 11.1. The molecule has 0 spiro atoms. The summed E-state index contributed by atoms with van der Waals surface area (Å²) in [6.45, 7) is 4.67. The molecule has 1 aromatic heterocycles. The van der Waals surface area contributed by atoms with Crippen LogP contribution in [0.25, 0.3) is 0 Å². The summed E-state index contributed by atoms with van der Waals surface area (Å²) < 4.78 is 1.11. The monoisotopic (exact) mass is 317 g/mol. The molecule has 1 aliphatic rings. The Morgan fingerprint density at radius 2 is 2.41 bits per heavy atom. The molecule has 1 aromatic rings. The second kappa shape index (κ2) is 5.50. The van der Waals surface area contributed by atoms with Gasteiger partial charge in [-0.05, 0) is 34.3 Å². The van der Waals surface area contributed by atoms with E-state index in [-0.39, 0.29) is 5.92 Å². The third-order valence-corrected chi connectivity index (χ3v) is 4.77. The highest BCUT2D eigenvalue weighted by Crippen LogP contribution is 2.26. The van der Waals surface area contributed by atoms with Crippen LogP contribution in [0.4, 0.5) is 0 Å². The highest BCUT2D eigenvalue weighted by molar-refractivity contribution is 9.10. The van der Waals surface area contributed by atoms with Gasteiger partial charge >= 0.3 is 5.97 Å². The minimum Gasteiger partial charge on any atom is -0.481 e. The zero-order valence-electron chi connectivity index (χ0n) is 9.73. The Morgan fingerprint density at radius 1 is 1.65 bits per heavy atom. The smallest absolute Gasteiger partial charge is 0.307 e. The molecule has 17 heavy (non-hydrogen) atoms. The molecule has 3 nitrogen and oxygen atoms in total. The Labute approximate surface area is 114 Å². The number of carboxylic acid groups (broad SMARTS) is 1. The SMILES string of the molecule is CC1CC(C(=O)O)CN(Cc2cc(Br)cs2)C1. The molecule has 0 amide bonds. The summed E-state index contributed by atoms with van der Waals surface area (Å²) in [5, 5.41) is 11.2. The van der Waals surface area contributed by atoms with Gasteiger partial charge in [-0.3, -0.25) is 9.69 Å². The van der Waals surface area contributed by atoms with Crippen molar-refractivity contribution >= 4 is 33.2 Å². The molecule has 0 bridgehead atoms. The van der Waals surface area contributed by atoms with Crippen molar-refractivity contribution in [3.63, 3.8) is 0 Å². The van der Waals surface area contributed by atoms with E-state index >= 15 is 0 Å². The van der Waals surface area contributed by atoms with Crippen LogP contribution < -0.4 is 0 Å². The van der Waals surface area contributed by atoms with Gasteiger partial charge in [0.15, 0.2) is 0 Å². The summed E-state index contributed by atoms with van der Waals surface area (Å²) in [6, 6.07) is 2.11. The molecule has 1 aliphatic heterocycles. The van der Waals surface area contributed by atoms with Crippen LogP contribution in [0, 0.1) is 11.8 Å². The molecule has 2 heterocycles. The minimum atomic E-state index is -0.658. The van der Waals surface area contributed by atoms with Crippen LogP contribution >= 0.6 is 27.3 Å². The van der Waals surface area contributed by atoms with Crippen molar-refractivity contribution in [2.75, 3.05) is 13.1 Å². The van der Waals surface area contributed by atoms with Crippen molar-refractivity contribution in [2.24, 2.45) is 11.8 Å². The molecule has 2 unspecified atom stereocenters. The predicted molar refractivity (Wildman–Crippen MR) is 72.2 cm³/mol. The van der Waals surface area contributed by atoms with Crippen molar-refractivity contribution in [3.05, 3.63) is 20.8 Å². The van der Waals surface area contributed by atoms with E-state index < -0.39 is 5.97 Å². The van der Waals surface area contributed by atoms with Crippen molar-refractivity contribution in [1.29, 1.82) is 0 Å². The first kappa shape index (κ1) is 13.1. The van der Waals surface area contributed by atoms with Crippen LogP contribution in [0.3, 0.4) is 0 Å². The molecule has 0 aliphatic carbocycles. The van der Waals surface area contributed by atoms with Crippen LogP contribution in [0.5, 0.6) is 0 Å². The van der Waals surface area contributed by atoms with Crippen molar-refractivity contribution < 1.29 is 9.90 Å². The third kappa shape index (κ3) is 3.53. The van der Waals surface area contributed by atoms with E-state index in [0.29, 0.717) is 12.5 Å². The van der Waals surface area contributed by atoms with Crippen LogP contribution in [0.2, 0.25) is 0 Å². The van der Waals surface area contributed by atoms with E-state index in [2.05, 4.69) is 39.2 Å². The van der Waals surface area contributed by atoms with Crippen LogP contribution in [-0.4, -0.2) is 29.1 Å². The lowest BCUT2D eigenvalue weighted by Gasteiger charge is -2.34. The summed E-state index contributed by atoms with van der Waals surface area (Å²) in [6.07, 6.45) is 0.806. The number of hydrogen-bond acceptors (Lipinski definition) is 3. The van der Waals surface area contributed by atoms with Crippen LogP contribution in [0.1, 0.15) is 18.2 Å². The lowest BCUT2D eigenvalue weighted by molar-refractivity contribution is -0.144. The second-order valence-electron chi connectivity index (χ2n) is 4.80. The Bertz CT molecular complexity index is 407. The molecular weight excluding hydrogens is 302 g/mol. The van der Waals surface area contributed by atoms with Gasteiger partial charge in [0, 0.05) is 34.4 Å². The topological polar surface area (TPSA) is 40.5 Å². The molecule has 2 atom stereocenters. The fourth-order valence-corrected chi connectivity index (χ4v) is 3.92. The molecule has 2 rings (SSSR count). The third-order valence-electron chi connectivity index (χ3n) is 3.09. The Morgan fingerprint density at radius 3 is 3.00 bits per heavy atom. The van der Waals surface area contributed by atoms with Crippen molar-refractivity contribution in [2.45, 2.75) is 19.9 Å². The van der Waals surface area contributed by atoms with Gasteiger partial charge in [-0.1, -0.05) is 6.92 Å². The lowest BCUT2D eigenvalue weighted by Crippen LogP contribution is -2.41. The highest BCUT2D eigenvalue weighted by Gasteiger charge is 2.29. The average Bonchev–Trinajstić information content (AvgIpc) is 2.63. The summed E-state index contributed by atoms with van der Waals surface area (Å²) >= 11 is 5.16. The number of halogens is 1. The van der Waals surface area contributed by atoms with Crippen molar-refractivity contribution in [3.8, 4) is 0 Å². The number of carboxylic acids is 1. The summed E-state index contributed by atoms with van der Waals surface area (Å²) in [7, 11) is 0. The number of nitrogens with zero attached hydrogens (tertiary/aromatic N) is 1. The molecule has 0 radical (unpaired) electrons. The minimum absolute atomic E-state index is 0.206. The summed E-state index contributed by atoms with van der Waals surface area (Å²) in [5.41, 5.74) is 0. The van der Waals surface area contributed by atoms with E-state index in [4.69, 9.17) is 5.11 Å². The maximum absolute atomic E-state index is 11.1. The van der Waals surface area contributed by atoms with E-state index in [1.54, 1.807) is 11.3 Å². The van der Waals surface area contributed by atoms with E-state index in [9.17, 15) is 4.79 Å². The van der Waals surface area contributed by atoms with Gasteiger partial charge in [-0.25, -0.2) is 0 Å². The maximum Gasteiger partial charge on any atom is 0.307 e. The number of aliphatic carboxylic acids is 1. The second-order valence-corrected chi connectivity index (χ2v) is 6.71. The van der Waals surface area contributed by atoms with Crippen LogP contribution in [-0.2, 0) is 11.3 Å². The number of piperidine rings is 1. The lowest BCUT2D eigenvalue weighted by atomic mass is 9.90. The van der Waals surface area contributed by atoms with Gasteiger partial charge < -0.3 is 5.11 Å². The number of hydrogen-bond donors (Lipinski definition) is 1. The van der Waals surface area contributed by atoms with E-state index in [0.717, 1.165) is 24.0 Å². The molecule has 5 heteroatoms. The number of rotatable bonds is 3. The first-order valence-corrected chi connectivity index (χ1v) is 7.40. The molecule has 1 N–H and O–H groups in total. The normalized spacial score (nSPS) is 26.0. The van der Waals surface area contributed by atoms with Crippen molar-refractivity contribution in [1.82, 2.24) is 4.90 Å². The van der Waals surface area contributed by atoms with Gasteiger partial charge in [0.2, 0.25) is 0 Å². The molecule has 0 aromatic carbocycles. The molecule has 1 fully saturated rings. The van der Waals surface area contributed by atoms with Gasteiger partial charge in [-0.2, -0.15) is 0 Å². The largest absolute Gasteiger partial charge is 0.481 e. The Balaban J connectivity index is 1.98. The molecule has 0 saturated carbocycles. The van der Waals surface area contributed by atoms with E-state index in [1.165, 1.54) is 4.88 Å². The summed E-state index contributed by atoms with van der Waals surface area (Å²) in [4.78, 5) is 14.6. The van der Waals surface area contributed by atoms with Gasteiger partial charge in [0.1, 0.15) is 0 Å². The fourth-order valence-electron chi connectivity index (χ4n) is 2.43. The summed E-state index contributed by atoms with van der Waals surface area (Å²) in [5.74, 6) is -0.399. The molecule has 1 saturated heterocycles. The zero-order chi connectivity index (χ0) is 12.4. The first-order chi connectivity index (χ1) is 8.04. The fraction of sp³-hybridized carbons (Fsp3) is 0.583. The van der Waals surface area contributed by atoms with Gasteiger partial charge in [0.25, 0.3) is 0 Å². The predicted octanol–water partition coefficient (Wildman–Crippen LogP) is 3.05. The van der Waals surface area contributed by atoms with Gasteiger partial charge in [0.05, 0.1) is 5.92 Å². The van der Waals surface area contributed by atoms with E-state index in [1.807, 2.05) is 0 Å². The number of likely N-dealkylation sites (tertiary alicyclic amines) is 1. The Kier molecular flexibility index (Phi) is 4.22. The Hall–Kier alpha value is -0.390. The molecular formula is C12H16BrNO2S. The van der Waals surface area contributed by atoms with Gasteiger partial charge in [-0.15, -0.1) is 11.3 Å². The quantitative estimate of drug-likeness (QED) is 0.931. The zero-order valence-corrected chi connectivity index (χ0v) is 12.1. The average molecular weight is 318 g/mol.